The van der Waals surface area contributed by atoms with E-state index in [9.17, 15) is 4.79 Å². The fourth-order valence-corrected chi connectivity index (χ4v) is 3.06. The Morgan fingerprint density at radius 3 is 2.47 bits per heavy atom. The predicted molar refractivity (Wildman–Crippen MR) is 77.6 cm³/mol. The Balaban J connectivity index is 2.29. The number of carbonyl (C=O) groups excluding carboxylic acids is 1. The van der Waals surface area contributed by atoms with Crippen LogP contribution >= 0.6 is 0 Å². The molecule has 104 valence electrons. The summed E-state index contributed by atoms with van der Waals surface area (Å²) in [5.41, 5.74) is 1.36. The zero-order valence-electron chi connectivity index (χ0n) is 12.1. The van der Waals surface area contributed by atoms with Crippen LogP contribution in [0.4, 0.5) is 0 Å². The van der Waals surface area contributed by atoms with Crippen molar-refractivity contribution >= 4 is 5.78 Å². The lowest BCUT2D eigenvalue weighted by atomic mass is 9.85. The number of aryl methyl sites for hydroxylation is 1. The largest absolute Gasteiger partial charge is 0.367 e. The highest BCUT2D eigenvalue weighted by Gasteiger charge is 2.39. The van der Waals surface area contributed by atoms with Crippen molar-refractivity contribution in [3.8, 4) is 0 Å². The molecule has 1 fully saturated rings. The Bertz CT molecular complexity index is 429. The van der Waals surface area contributed by atoms with Crippen molar-refractivity contribution in [3.05, 3.63) is 35.4 Å². The molecule has 0 aliphatic heterocycles. The van der Waals surface area contributed by atoms with Crippen molar-refractivity contribution in [1.29, 1.82) is 0 Å². The summed E-state index contributed by atoms with van der Waals surface area (Å²) in [6.45, 7) is 4.62. The van der Waals surface area contributed by atoms with Crippen LogP contribution in [0.15, 0.2) is 24.3 Å². The third kappa shape index (κ3) is 3.24. The molecule has 0 amide bonds. The van der Waals surface area contributed by atoms with E-state index in [1.807, 2.05) is 38.1 Å². The van der Waals surface area contributed by atoms with E-state index in [1.165, 1.54) is 12.8 Å². The zero-order chi connectivity index (χ0) is 13.7. The third-order valence-electron chi connectivity index (χ3n) is 4.03. The standard InChI is InChI=1S/C17H24O2/c1-3-19-17(11-6-4-5-7-12-17)16(18)15-10-8-9-14(2)13-15/h8-10,13H,3-7,11-12H2,1-2H3. The molecule has 1 saturated carbocycles. The Labute approximate surface area is 116 Å². The van der Waals surface area contributed by atoms with Gasteiger partial charge >= 0.3 is 0 Å². The van der Waals surface area contributed by atoms with Crippen LogP contribution in [-0.2, 0) is 4.74 Å². The monoisotopic (exact) mass is 260 g/mol. The lowest BCUT2D eigenvalue weighted by Crippen LogP contribution is -2.41. The second-order valence-corrected chi connectivity index (χ2v) is 5.54. The van der Waals surface area contributed by atoms with Gasteiger partial charge in [0.1, 0.15) is 5.60 Å². The quantitative estimate of drug-likeness (QED) is 0.595. The van der Waals surface area contributed by atoms with Crippen LogP contribution < -0.4 is 0 Å². The molecule has 0 unspecified atom stereocenters. The SMILES string of the molecule is CCOC1(C(=O)c2cccc(C)c2)CCCCCC1. The maximum Gasteiger partial charge on any atom is 0.194 e. The first-order valence-electron chi connectivity index (χ1n) is 7.43. The fourth-order valence-electron chi connectivity index (χ4n) is 3.06. The summed E-state index contributed by atoms with van der Waals surface area (Å²) in [5, 5.41) is 0. The molecule has 0 radical (unpaired) electrons. The Morgan fingerprint density at radius 2 is 1.89 bits per heavy atom. The number of carbonyl (C=O) groups is 1. The van der Waals surface area contributed by atoms with Crippen molar-refractivity contribution in [2.75, 3.05) is 6.61 Å². The Hall–Kier alpha value is -1.15. The van der Waals surface area contributed by atoms with E-state index < -0.39 is 5.60 Å². The second-order valence-electron chi connectivity index (χ2n) is 5.54. The van der Waals surface area contributed by atoms with Gasteiger partial charge < -0.3 is 4.74 Å². The molecule has 0 heterocycles. The van der Waals surface area contributed by atoms with Crippen LogP contribution in [0.25, 0.3) is 0 Å². The van der Waals surface area contributed by atoms with Crippen LogP contribution in [0.3, 0.4) is 0 Å². The Morgan fingerprint density at radius 1 is 1.21 bits per heavy atom. The van der Waals surface area contributed by atoms with Gasteiger partial charge in [-0.05, 0) is 32.8 Å². The van der Waals surface area contributed by atoms with E-state index >= 15 is 0 Å². The highest BCUT2D eigenvalue weighted by atomic mass is 16.5. The van der Waals surface area contributed by atoms with Crippen molar-refractivity contribution in [2.24, 2.45) is 0 Å². The molecule has 0 N–H and O–H groups in total. The normalized spacial score (nSPS) is 18.8. The van der Waals surface area contributed by atoms with Gasteiger partial charge in [-0.25, -0.2) is 0 Å². The van der Waals surface area contributed by atoms with E-state index in [0.717, 1.165) is 36.8 Å². The molecule has 0 saturated heterocycles. The van der Waals surface area contributed by atoms with Gasteiger partial charge in [-0.15, -0.1) is 0 Å². The number of rotatable bonds is 4. The van der Waals surface area contributed by atoms with Crippen molar-refractivity contribution < 1.29 is 9.53 Å². The molecule has 2 heteroatoms. The molecule has 1 aliphatic rings. The van der Waals surface area contributed by atoms with Crippen molar-refractivity contribution in [3.63, 3.8) is 0 Å². The van der Waals surface area contributed by atoms with Gasteiger partial charge in [0.25, 0.3) is 0 Å². The van der Waals surface area contributed by atoms with Gasteiger partial charge in [-0.3, -0.25) is 4.79 Å². The summed E-state index contributed by atoms with van der Waals surface area (Å²) in [4.78, 5) is 12.9. The highest BCUT2D eigenvalue weighted by molar-refractivity contribution is 6.02. The second kappa shape index (κ2) is 6.33. The molecule has 0 aromatic heterocycles. The van der Waals surface area contributed by atoms with Crippen LogP contribution in [-0.4, -0.2) is 18.0 Å². The van der Waals surface area contributed by atoms with E-state index in [-0.39, 0.29) is 5.78 Å². The average Bonchev–Trinajstić information content (AvgIpc) is 2.65. The number of ether oxygens (including phenoxy) is 1. The molecule has 1 aromatic carbocycles. The molecule has 0 bridgehead atoms. The summed E-state index contributed by atoms with van der Waals surface area (Å²) in [6, 6.07) is 7.88. The van der Waals surface area contributed by atoms with Gasteiger partial charge in [0.05, 0.1) is 0 Å². The number of ketones is 1. The van der Waals surface area contributed by atoms with E-state index in [4.69, 9.17) is 4.74 Å². The number of hydrogen-bond donors (Lipinski definition) is 0. The maximum atomic E-state index is 12.9. The topological polar surface area (TPSA) is 26.3 Å². The number of Topliss-reactive ketones (excluding diaryl/α,β-unsaturated/α-hetero) is 1. The predicted octanol–water partition coefficient (Wildman–Crippen LogP) is 4.31. The van der Waals surface area contributed by atoms with Crippen molar-refractivity contribution in [1.82, 2.24) is 0 Å². The molecule has 0 atom stereocenters. The summed E-state index contributed by atoms with van der Waals surface area (Å²) >= 11 is 0. The maximum absolute atomic E-state index is 12.9. The average molecular weight is 260 g/mol. The summed E-state index contributed by atoms with van der Waals surface area (Å²) in [6.07, 6.45) is 6.36. The van der Waals surface area contributed by atoms with Gasteiger partial charge in [0.2, 0.25) is 0 Å². The van der Waals surface area contributed by atoms with Gasteiger partial charge in [0, 0.05) is 12.2 Å². The molecule has 19 heavy (non-hydrogen) atoms. The lowest BCUT2D eigenvalue weighted by Gasteiger charge is -2.31. The first-order chi connectivity index (χ1) is 9.18. The molecule has 2 nitrogen and oxygen atoms in total. The van der Waals surface area contributed by atoms with Gasteiger partial charge in [-0.2, -0.15) is 0 Å². The minimum Gasteiger partial charge on any atom is -0.367 e. The van der Waals surface area contributed by atoms with Crippen molar-refractivity contribution in [2.45, 2.75) is 58.0 Å². The minimum absolute atomic E-state index is 0.181. The summed E-state index contributed by atoms with van der Waals surface area (Å²) in [7, 11) is 0. The minimum atomic E-state index is -0.570. The van der Waals surface area contributed by atoms with Crippen LogP contribution in [0.1, 0.15) is 61.4 Å². The van der Waals surface area contributed by atoms with E-state index in [1.54, 1.807) is 0 Å². The van der Waals surface area contributed by atoms with E-state index in [0.29, 0.717) is 6.61 Å². The molecular formula is C17H24O2. The smallest absolute Gasteiger partial charge is 0.194 e. The zero-order valence-corrected chi connectivity index (χ0v) is 12.1. The van der Waals surface area contributed by atoms with Crippen LogP contribution in [0.2, 0.25) is 0 Å². The molecule has 1 aromatic rings. The van der Waals surface area contributed by atoms with Gasteiger partial charge in [0.15, 0.2) is 5.78 Å². The summed E-state index contributed by atoms with van der Waals surface area (Å²) < 4.78 is 5.96. The third-order valence-corrected chi connectivity index (χ3v) is 4.03. The van der Waals surface area contributed by atoms with Gasteiger partial charge in [-0.1, -0.05) is 49.4 Å². The highest BCUT2D eigenvalue weighted by Crippen LogP contribution is 2.33. The number of hydrogen-bond acceptors (Lipinski definition) is 2. The molecule has 0 spiro atoms. The van der Waals surface area contributed by atoms with Crippen LogP contribution in [0, 0.1) is 6.92 Å². The van der Waals surface area contributed by atoms with Crippen LogP contribution in [0.5, 0.6) is 0 Å². The molecule has 1 aliphatic carbocycles. The number of benzene rings is 1. The Kier molecular flexibility index (Phi) is 4.76. The molecular weight excluding hydrogens is 236 g/mol. The van der Waals surface area contributed by atoms with E-state index in [2.05, 4.69) is 0 Å². The molecule has 2 rings (SSSR count). The lowest BCUT2D eigenvalue weighted by molar-refractivity contribution is -0.0292. The first kappa shape index (κ1) is 14.3. The fraction of sp³-hybridized carbons (Fsp3) is 0.588. The summed E-state index contributed by atoms with van der Waals surface area (Å²) in [5.74, 6) is 0.181. The first-order valence-corrected chi connectivity index (χ1v) is 7.43.